The van der Waals surface area contributed by atoms with Gasteiger partial charge >= 0.3 is 11.9 Å². The van der Waals surface area contributed by atoms with Crippen molar-refractivity contribution in [1.82, 2.24) is 0 Å². The molecule has 0 aromatic heterocycles. The first kappa shape index (κ1) is 59.8. The van der Waals surface area contributed by atoms with E-state index in [1.54, 1.807) is 13.0 Å². The zero-order valence-corrected chi connectivity index (χ0v) is 35.3. The summed E-state index contributed by atoms with van der Waals surface area (Å²) in [4.78, 5) is 20.7. The van der Waals surface area contributed by atoms with Gasteiger partial charge in [0.05, 0.1) is 49.3 Å². The van der Waals surface area contributed by atoms with E-state index in [1.165, 1.54) is 6.92 Å². The Labute approximate surface area is 366 Å². The summed E-state index contributed by atoms with van der Waals surface area (Å²) >= 11 is 0. The number of rotatable bonds is 8. The van der Waals surface area contributed by atoms with Crippen LogP contribution in [0.4, 0.5) is 0 Å². The van der Waals surface area contributed by atoms with Crippen LogP contribution in [0.15, 0.2) is 11.6 Å². The highest BCUT2D eigenvalue weighted by Gasteiger charge is 2.49. The van der Waals surface area contributed by atoms with Crippen molar-refractivity contribution in [2.45, 2.75) is 180 Å². The lowest BCUT2D eigenvalue weighted by Gasteiger charge is -2.39. The Morgan fingerprint density at radius 2 is 0.984 bits per heavy atom. The molecule has 2 saturated heterocycles. The number of aliphatic hydroxyl groups excluding tert-OH is 17. The second-order valence-corrected chi connectivity index (χ2v) is 16.2. The molecule has 2 heterocycles. The Morgan fingerprint density at radius 1 is 0.594 bits per heavy atom. The fourth-order valence-electron chi connectivity index (χ4n) is 6.79. The summed E-state index contributed by atoms with van der Waals surface area (Å²) in [7, 11) is 0. The van der Waals surface area contributed by atoms with Gasteiger partial charge < -0.3 is 126 Å². The van der Waals surface area contributed by atoms with Crippen molar-refractivity contribution in [2.24, 2.45) is 0 Å². The predicted octanol–water partition coefficient (Wildman–Crippen LogP) is -9.58. The molecule has 4 fully saturated rings. The third-order valence-electron chi connectivity index (χ3n) is 10.5. The maximum absolute atomic E-state index is 10.5. The molecule has 2 aliphatic heterocycles. The average Bonchev–Trinajstić information content (AvgIpc) is 3.20. The van der Waals surface area contributed by atoms with Gasteiger partial charge in [0, 0.05) is 32.3 Å². The first-order chi connectivity index (χ1) is 29.5. The molecule has 17 atom stereocenters. The number of hydrogen-bond acceptors (Lipinski definition) is 25. The number of ether oxygens (including phenoxy) is 4. The Kier molecular flexibility index (Phi) is 25.2. The average molecular weight is 945 g/mol. The number of aliphatic hydroxyl groups is 19. The van der Waals surface area contributed by atoms with Crippen LogP contribution in [0.5, 0.6) is 0 Å². The predicted molar refractivity (Wildman–Crippen MR) is 207 cm³/mol. The Hall–Kier alpha value is -2.24. The zero-order chi connectivity index (χ0) is 49.6. The van der Waals surface area contributed by atoms with Gasteiger partial charge in [-0.25, -0.2) is 9.59 Å². The van der Waals surface area contributed by atoms with Gasteiger partial charge in [0.1, 0.15) is 79.9 Å². The minimum atomic E-state index is -2.14. The van der Waals surface area contributed by atoms with Gasteiger partial charge in [0.15, 0.2) is 18.2 Å². The number of carbonyl (C=O) groups is 2. The molecule has 0 aromatic rings. The lowest BCUT2D eigenvalue weighted by Crippen LogP contribution is -2.59. The molecule has 0 bridgehead atoms. The molecule has 64 heavy (non-hydrogen) atoms. The fraction of sp³-hybridized carbons (Fsp3) is 0.892. The van der Waals surface area contributed by atoms with Crippen molar-refractivity contribution in [2.75, 3.05) is 26.4 Å². The minimum Gasteiger partial charge on any atom is -0.480 e. The molecule has 0 radical (unpaired) electrons. The SMILES string of the molecule is CC1(O)C[C@@H](O)C(O)[C@H](O)C1.CC1=C[C@@H](O)[C@@H](O)[C@H](O)C1.CCOC1OC(CO)C(O)C(O)C1O.O=C(O)C1(O)C[C@@H](O)C(O)[C@H](O)C1.O=C(O)COC1OC(CO)C(O)C(O)C1O. The van der Waals surface area contributed by atoms with Crippen LogP contribution >= 0.6 is 0 Å². The molecular formula is C37H68O27. The van der Waals surface area contributed by atoms with E-state index in [2.05, 4.69) is 4.74 Å². The Morgan fingerprint density at radius 3 is 1.33 bits per heavy atom. The lowest BCUT2D eigenvalue weighted by atomic mass is 9.80. The van der Waals surface area contributed by atoms with E-state index in [-0.39, 0.29) is 12.8 Å². The van der Waals surface area contributed by atoms with Gasteiger partial charge in [0.2, 0.25) is 0 Å². The summed E-state index contributed by atoms with van der Waals surface area (Å²) < 4.78 is 19.6. The highest BCUT2D eigenvalue weighted by Crippen LogP contribution is 2.30. The minimum absolute atomic E-state index is 0.116. The molecular weight excluding hydrogens is 876 g/mol. The van der Waals surface area contributed by atoms with Crippen LogP contribution in [0.3, 0.4) is 0 Å². The second kappa shape index (κ2) is 26.9. The van der Waals surface area contributed by atoms with E-state index >= 15 is 0 Å². The van der Waals surface area contributed by atoms with Crippen molar-refractivity contribution in [3.8, 4) is 0 Å². The summed E-state index contributed by atoms with van der Waals surface area (Å²) in [6.07, 6.45) is -21.8. The van der Waals surface area contributed by atoms with Crippen LogP contribution in [0, 0.1) is 0 Å². The van der Waals surface area contributed by atoms with Crippen LogP contribution in [-0.4, -0.2) is 273 Å². The van der Waals surface area contributed by atoms with E-state index in [1.807, 2.05) is 6.92 Å². The van der Waals surface area contributed by atoms with E-state index in [0.29, 0.717) is 13.0 Å². The molecule has 10 unspecified atom stereocenters. The van der Waals surface area contributed by atoms with Gasteiger partial charge in [-0.2, -0.15) is 0 Å². The van der Waals surface area contributed by atoms with Crippen molar-refractivity contribution in [1.29, 1.82) is 0 Å². The molecule has 5 aliphatic rings. The topological polar surface area (TPSA) is 496 Å². The van der Waals surface area contributed by atoms with Gasteiger partial charge in [-0.05, 0) is 27.2 Å². The zero-order valence-electron chi connectivity index (χ0n) is 35.3. The maximum atomic E-state index is 10.5. The smallest absolute Gasteiger partial charge is 0.335 e. The van der Waals surface area contributed by atoms with Gasteiger partial charge in [-0.3, -0.25) is 0 Å². The molecule has 0 spiro atoms. The van der Waals surface area contributed by atoms with Crippen LogP contribution in [0.2, 0.25) is 0 Å². The fourth-order valence-corrected chi connectivity index (χ4v) is 6.79. The van der Waals surface area contributed by atoms with Crippen molar-refractivity contribution in [3.05, 3.63) is 11.6 Å². The standard InChI is InChI=1S/C8H14O8.C8H16O6.C7H12O6.C7H14O4.C7H12O3/c9-1-3-5(12)6(13)7(14)8(16-3)15-2-4(10)11;1-2-13-8-7(12)6(11)5(10)4(3-9)14-8;8-3-1-7(13,6(11)12)2-4(9)5(3)10;1-7(11)2-4(8)6(10)5(9)3-7;1-4-2-5(8)7(10)6(9)3-4/h3,5-9,12-14H,1-2H2,(H,10,11);4-12H,2-3H2,1H3;3-5,8-10,13H,1-2H2,(H,11,12);4-6,8-11H,2-3H2,1H3;2,5-10H,3H2,1H3/t;;3-,4-,5?,7?;4-,5-,6?,7?;5-,6-,7-/m..111/s1. The van der Waals surface area contributed by atoms with Gasteiger partial charge in [0.25, 0.3) is 0 Å². The van der Waals surface area contributed by atoms with E-state index in [4.69, 9.17) is 80.6 Å². The second-order valence-electron chi connectivity index (χ2n) is 16.2. The number of carboxylic acids is 2. The van der Waals surface area contributed by atoms with E-state index in [0.717, 1.165) is 5.57 Å². The Balaban J connectivity index is 0.000000404. The summed E-state index contributed by atoms with van der Waals surface area (Å²) in [5, 5.41) is 191. The first-order valence-electron chi connectivity index (χ1n) is 20.0. The molecule has 0 amide bonds. The summed E-state index contributed by atoms with van der Waals surface area (Å²) in [6.45, 7) is 3.63. The first-order valence-corrected chi connectivity index (χ1v) is 20.0. The largest absolute Gasteiger partial charge is 0.480 e. The van der Waals surface area contributed by atoms with Crippen molar-refractivity contribution < 1.29 is 136 Å². The highest BCUT2D eigenvalue weighted by atomic mass is 16.7. The molecule has 3 aliphatic carbocycles. The molecule has 21 N–H and O–H groups in total. The lowest BCUT2D eigenvalue weighted by molar-refractivity contribution is -0.300. The normalized spacial score (nSPS) is 44.3. The summed E-state index contributed by atoms with van der Waals surface area (Å²) in [5.41, 5.74) is -2.28. The van der Waals surface area contributed by atoms with Crippen molar-refractivity contribution in [3.63, 3.8) is 0 Å². The third-order valence-corrected chi connectivity index (χ3v) is 10.5. The van der Waals surface area contributed by atoms with Gasteiger partial charge in [-0.15, -0.1) is 0 Å². The number of hydrogen-bond donors (Lipinski definition) is 21. The summed E-state index contributed by atoms with van der Waals surface area (Å²) in [6, 6.07) is 0. The Bertz CT molecular complexity index is 1370. The van der Waals surface area contributed by atoms with Crippen molar-refractivity contribution >= 4 is 11.9 Å². The van der Waals surface area contributed by atoms with Crippen LogP contribution in [0.25, 0.3) is 0 Å². The molecule has 27 heteroatoms. The maximum Gasteiger partial charge on any atom is 0.335 e. The van der Waals surface area contributed by atoms with E-state index < -0.39 is 172 Å². The van der Waals surface area contributed by atoms with Gasteiger partial charge in [-0.1, -0.05) is 11.6 Å². The third kappa shape index (κ3) is 17.8. The monoisotopic (exact) mass is 944 g/mol. The van der Waals surface area contributed by atoms with Crippen LogP contribution < -0.4 is 0 Å². The quantitative estimate of drug-likeness (QED) is 0.100. The molecule has 27 nitrogen and oxygen atoms in total. The molecule has 378 valence electrons. The summed E-state index contributed by atoms with van der Waals surface area (Å²) in [5.74, 6) is -2.77. The van der Waals surface area contributed by atoms with Crippen LogP contribution in [-0.2, 0) is 28.5 Å². The van der Waals surface area contributed by atoms with Crippen LogP contribution in [0.1, 0.15) is 52.9 Å². The number of aliphatic carboxylic acids is 2. The molecule has 2 saturated carbocycles. The number of carboxylic acid groups (broad SMARTS) is 2. The molecule has 5 rings (SSSR count). The van der Waals surface area contributed by atoms with E-state index in [9.17, 15) is 50.4 Å². The molecule has 0 aromatic carbocycles. The highest BCUT2D eigenvalue weighted by molar-refractivity contribution is 5.77.